The predicted octanol–water partition coefficient (Wildman–Crippen LogP) is 1.28. The Morgan fingerprint density at radius 1 is 1.44 bits per heavy atom. The van der Waals surface area contributed by atoms with Crippen LogP contribution >= 0.6 is 24.4 Å². The number of ether oxygens (including phenoxy) is 1. The van der Waals surface area contributed by atoms with Crippen LogP contribution in [0.15, 0.2) is 0 Å². The molecule has 1 atom stereocenters. The second kappa shape index (κ2) is 4.25. The minimum atomic E-state index is -1.00. The van der Waals surface area contributed by atoms with Gasteiger partial charge in [-0.3, -0.25) is 0 Å². The lowest BCUT2D eigenvalue weighted by Crippen LogP contribution is -2.55. The molecule has 1 fully saturated rings. The molecule has 1 unspecified atom stereocenters. The summed E-state index contributed by atoms with van der Waals surface area (Å²) in [4.78, 5) is 12.5. The van der Waals surface area contributed by atoms with Crippen molar-refractivity contribution in [1.82, 2.24) is 10.6 Å². The van der Waals surface area contributed by atoms with Crippen LogP contribution in [0.2, 0.25) is 0 Å². The third kappa shape index (κ3) is 2.49. The Bertz CT molecular complexity index is 349. The monoisotopic (exact) mass is 260 g/mol. The van der Waals surface area contributed by atoms with Crippen molar-refractivity contribution >= 4 is 40.5 Å². The number of hydrogen-bond acceptors (Lipinski definition) is 4. The molecule has 0 aromatic heterocycles. The lowest BCUT2D eigenvalue weighted by Gasteiger charge is -2.29. The number of esters is 1. The molecule has 0 amide bonds. The molecular formula is C10H16N2O2S2. The molecule has 2 N–H and O–H groups in total. The van der Waals surface area contributed by atoms with Crippen LogP contribution in [0.4, 0.5) is 0 Å². The number of carbonyl (C=O) groups excluding carboxylic acids is 1. The third-order valence-electron chi connectivity index (χ3n) is 2.22. The molecular weight excluding hydrogens is 244 g/mol. The standard InChI is InChI=1S/C10H16N2O2S2/c1-5-10(6(15)11-8(16)12-10)7(13)14-9(2,3)4/h5H2,1-4H3,(H2,11,12,15,16). The summed E-state index contributed by atoms with van der Waals surface area (Å²) in [5, 5.41) is 6.04. The highest BCUT2D eigenvalue weighted by atomic mass is 32.1. The summed E-state index contributed by atoms with van der Waals surface area (Å²) in [5.41, 5.74) is -1.54. The van der Waals surface area contributed by atoms with Crippen LogP contribution < -0.4 is 10.6 Å². The van der Waals surface area contributed by atoms with Crippen molar-refractivity contribution in [2.75, 3.05) is 0 Å². The molecule has 1 rings (SSSR count). The quantitative estimate of drug-likeness (QED) is 0.576. The van der Waals surface area contributed by atoms with E-state index in [2.05, 4.69) is 10.6 Å². The van der Waals surface area contributed by atoms with Gasteiger partial charge in [0.15, 0.2) is 10.7 Å². The zero-order valence-electron chi connectivity index (χ0n) is 9.84. The third-order valence-corrected chi connectivity index (χ3v) is 2.87. The molecule has 0 spiro atoms. The van der Waals surface area contributed by atoms with Gasteiger partial charge in [0.25, 0.3) is 0 Å². The van der Waals surface area contributed by atoms with E-state index >= 15 is 0 Å². The van der Waals surface area contributed by atoms with Gasteiger partial charge < -0.3 is 15.4 Å². The zero-order chi connectivity index (χ0) is 12.6. The van der Waals surface area contributed by atoms with Crippen molar-refractivity contribution in [3.8, 4) is 0 Å². The van der Waals surface area contributed by atoms with Gasteiger partial charge in [0.05, 0.1) is 0 Å². The highest BCUT2D eigenvalue weighted by Crippen LogP contribution is 2.22. The Kier molecular flexibility index (Phi) is 3.54. The topological polar surface area (TPSA) is 50.4 Å². The fraction of sp³-hybridized carbons (Fsp3) is 0.700. The van der Waals surface area contributed by atoms with E-state index in [1.54, 1.807) is 0 Å². The van der Waals surface area contributed by atoms with Crippen LogP contribution in [-0.2, 0) is 9.53 Å². The highest BCUT2D eigenvalue weighted by Gasteiger charge is 2.49. The first-order chi connectivity index (χ1) is 7.21. The Balaban J connectivity index is 2.94. The van der Waals surface area contributed by atoms with Gasteiger partial charge in [0, 0.05) is 0 Å². The molecule has 16 heavy (non-hydrogen) atoms. The summed E-state index contributed by atoms with van der Waals surface area (Å²) >= 11 is 10.1. The van der Waals surface area contributed by atoms with Crippen LogP contribution in [0.5, 0.6) is 0 Å². The first-order valence-corrected chi connectivity index (χ1v) is 5.90. The molecule has 0 aromatic carbocycles. The van der Waals surface area contributed by atoms with Gasteiger partial charge in [0.2, 0.25) is 0 Å². The van der Waals surface area contributed by atoms with E-state index in [1.165, 1.54) is 0 Å². The van der Waals surface area contributed by atoms with E-state index in [1.807, 2.05) is 27.7 Å². The molecule has 1 heterocycles. The first kappa shape index (κ1) is 13.3. The number of rotatable bonds is 2. The Hall–Kier alpha value is -0.750. The van der Waals surface area contributed by atoms with Gasteiger partial charge in [-0.25, -0.2) is 4.79 Å². The SMILES string of the molecule is CCC1(C(=O)OC(C)(C)C)NC(=S)NC1=S. The summed E-state index contributed by atoms with van der Waals surface area (Å²) in [6, 6.07) is 0. The maximum atomic E-state index is 12.1. The van der Waals surface area contributed by atoms with Gasteiger partial charge in [-0.15, -0.1) is 0 Å². The zero-order valence-corrected chi connectivity index (χ0v) is 11.5. The van der Waals surface area contributed by atoms with E-state index in [9.17, 15) is 4.79 Å². The molecule has 6 heteroatoms. The van der Waals surface area contributed by atoms with Crippen molar-refractivity contribution in [3.63, 3.8) is 0 Å². The fourth-order valence-electron chi connectivity index (χ4n) is 1.39. The summed E-state index contributed by atoms with van der Waals surface area (Å²) < 4.78 is 5.35. The van der Waals surface area contributed by atoms with Crippen molar-refractivity contribution < 1.29 is 9.53 Å². The van der Waals surface area contributed by atoms with Crippen LogP contribution in [0.25, 0.3) is 0 Å². The van der Waals surface area contributed by atoms with Crippen LogP contribution in [-0.4, -0.2) is 27.2 Å². The van der Waals surface area contributed by atoms with Crippen LogP contribution in [0, 0.1) is 0 Å². The van der Waals surface area contributed by atoms with E-state index in [0.29, 0.717) is 16.5 Å². The smallest absolute Gasteiger partial charge is 0.339 e. The second-order valence-corrected chi connectivity index (χ2v) is 5.49. The Morgan fingerprint density at radius 2 is 2.00 bits per heavy atom. The van der Waals surface area contributed by atoms with Crippen molar-refractivity contribution in [2.45, 2.75) is 45.3 Å². The minimum Gasteiger partial charge on any atom is -0.458 e. The van der Waals surface area contributed by atoms with E-state index in [0.717, 1.165) is 0 Å². The molecule has 1 saturated heterocycles. The summed E-state index contributed by atoms with van der Waals surface area (Å²) in [6.07, 6.45) is 0.494. The van der Waals surface area contributed by atoms with Gasteiger partial charge >= 0.3 is 5.97 Å². The van der Waals surface area contributed by atoms with Gasteiger partial charge in [-0.2, -0.15) is 0 Å². The minimum absolute atomic E-state index is 0.373. The molecule has 0 saturated carbocycles. The lowest BCUT2D eigenvalue weighted by atomic mass is 9.97. The lowest BCUT2D eigenvalue weighted by molar-refractivity contribution is -0.159. The number of carbonyl (C=O) groups is 1. The van der Waals surface area contributed by atoms with Crippen molar-refractivity contribution in [2.24, 2.45) is 0 Å². The molecule has 0 radical (unpaired) electrons. The second-order valence-electron chi connectivity index (χ2n) is 4.67. The Morgan fingerprint density at radius 3 is 2.31 bits per heavy atom. The molecule has 1 aliphatic rings. The van der Waals surface area contributed by atoms with Crippen LogP contribution in [0.1, 0.15) is 34.1 Å². The van der Waals surface area contributed by atoms with Crippen molar-refractivity contribution in [1.29, 1.82) is 0 Å². The molecule has 0 aliphatic carbocycles. The van der Waals surface area contributed by atoms with Gasteiger partial charge in [-0.05, 0) is 39.4 Å². The molecule has 1 aliphatic heterocycles. The fourth-order valence-corrected chi connectivity index (χ4v) is 2.12. The summed E-state index contributed by atoms with van der Waals surface area (Å²) in [6.45, 7) is 7.31. The van der Waals surface area contributed by atoms with Crippen LogP contribution in [0.3, 0.4) is 0 Å². The molecule has 0 bridgehead atoms. The average Bonchev–Trinajstić information content (AvgIpc) is 2.38. The molecule has 0 aromatic rings. The average molecular weight is 260 g/mol. The maximum Gasteiger partial charge on any atom is 0.339 e. The summed E-state index contributed by atoms with van der Waals surface area (Å²) in [7, 11) is 0. The molecule has 4 nitrogen and oxygen atoms in total. The molecule has 90 valence electrons. The Labute approximate surface area is 106 Å². The number of nitrogens with one attached hydrogen (secondary N) is 2. The van der Waals surface area contributed by atoms with Gasteiger partial charge in [0.1, 0.15) is 10.6 Å². The normalized spacial score (nSPS) is 25.0. The largest absolute Gasteiger partial charge is 0.458 e. The maximum absolute atomic E-state index is 12.1. The van der Waals surface area contributed by atoms with Gasteiger partial charge in [-0.1, -0.05) is 19.1 Å². The first-order valence-electron chi connectivity index (χ1n) is 5.08. The number of thiocarbonyl (C=S) groups is 2. The highest BCUT2D eigenvalue weighted by molar-refractivity contribution is 7.82. The summed E-state index contributed by atoms with van der Waals surface area (Å²) in [5.74, 6) is -0.389. The van der Waals surface area contributed by atoms with Crippen molar-refractivity contribution in [3.05, 3.63) is 0 Å². The van der Waals surface area contributed by atoms with E-state index in [-0.39, 0.29) is 5.97 Å². The number of hydrogen-bond donors (Lipinski definition) is 2. The predicted molar refractivity (Wildman–Crippen MR) is 70.3 cm³/mol. The van der Waals surface area contributed by atoms with E-state index in [4.69, 9.17) is 29.2 Å². The van der Waals surface area contributed by atoms with E-state index < -0.39 is 11.1 Å².